The highest BCUT2D eigenvalue weighted by atomic mass is 79.9. The number of ketones is 1. The zero-order valence-electron chi connectivity index (χ0n) is 9.38. The number of carbonyl (C=O) groups is 1. The monoisotopic (exact) mass is 311 g/mol. The average Bonchev–Trinajstić information content (AvgIpc) is 2.34. The minimum absolute atomic E-state index is 0.0194. The molecule has 0 atom stereocenters. The van der Waals surface area contributed by atoms with E-state index in [1.807, 2.05) is 0 Å². The quantitative estimate of drug-likeness (QED) is 0.626. The molecule has 0 spiro atoms. The lowest BCUT2D eigenvalue weighted by atomic mass is 10.1. The van der Waals surface area contributed by atoms with Gasteiger partial charge >= 0.3 is 0 Å². The smallest absolute Gasteiger partial charge is 0.217 e. The minimum Gasteiger partial charge on any atom is -0.287 e. The number of aromatic nitrogens is 1. The molecular weight excluding hydrogens is 304 g/mol. The van der Waals surface area contributed by atoms with E-state index in [1.54, 1.807) is 19.1 Å². The van der Waals surface area contributed by atoms with Gasteiger partial charge in [-0.15, -0.1) is 0 Å². The molecule has 0 bridgehead atoms. The summed E-state index contributed by atoms with van der Waals surface area (Å²) in [7, 11) is 0. The normalized spacial score (nSPS) is 10.4. The Kier molecular flexibility index (Phi) is 3.52. The largest absolute Gasteiger partial charge is 0.287 e. The second-order valence-electron chi connectivity index (χ2n) is 3.71. The van der Waals surface area contributed by atoms with Crippen LogP contribution in [0.15, 0.2) is 34.8 Å². The molecule has 0 saturated carbocycles. The van der Waals surface area contributed by atoms with Gasteiger partial charge < -0.3 is 0 Å². The lowest BCUT2D eigenvalue weighted by Gasteiger charge is -2.05. The van der Waals surface area contributed by atoms with Crippen molar-refractivity contribution in [2.45, 2.75) is 6.92 Å². The Morgan fingerprint density at radius 2 is 1.94 bits per heavy atom. The average molecular weight is 312 g/mol. The summed E-state index contributed by atoms with van der Waals surface area (Å²) in [5.41, 5.74) is 0.0324. The van der Waals surface area contributed by atoms with Crippen molar-refractivity contribution in [3.8, 4) is 0 Å². The maximum absolute atomic E-state index is 13.8. The number of nitrogens with zero attached hydrogens (tertiary/aromatic N) is 1. The summed E-state index contributed by atoms with van der Waals surface area (Å²) in [6, 6.07) is 6.99. The van der Waals surface area contributed by atoms with Crippen LogP contribution in [0.2, 0.25) is 0 Å². The van der Waals surface area contributed by atoms with Crippen molar-refractivity contribution >= 4 is 21.7 Å². The Bertz CT molecular complexity index is 628. The zero-order chi connectivity index (χ0) is 13.3. The van der Waals surface area contributed by atoms with Crippen molar-refractivity contribution < 1.29 is 13.6 Å². The molecule has 0 unspecified atom stereocenters. The Morgan fingerprint density at radius 3 is 2.61 bits per heavy atom. The van der Waals surface area contributed by atoms with Crippen LogP contribution in [0.3, 0.4) is 0 Å². The molecule has 2 aromatic rings. The van der Waals surface area contributed by atoms with Crippen molar-refractivity contribution in [2.75, 3.05) is 0 Å². The van der Waals surface area contributed by atoms with E-state index in [0.717, 1.165) is 6.07 Å². The molecule has 2 rings (SSSR count). The third-order valence-electron chi connectivity index (χ3n) is 2.39. The van der Waals surface area contributed by atoms with Gasteiger partial charge in [0.15, 0.2) is 5.82 Å². The number of pyridine rings is 1. The lowest BCUT2D eigenvalue weighted by Crippen LogP contribution is -2.10. The number of aryl methyl sites for hydroxylation is 1. The standard InChI is InChI=1S/C13H8BrF2NO/c1-7-3-2-4-10(17-7)13(18)11-9(15)6-5-8(14)12(11)16/h2-6H,1H3. The molecule has 0 aliphatic carbocycles. The van der Waals surface area contributed by atoms with E-state index in [0.29, 0.717) is 5.69 Å². The number of hydrogen-bond donors (Lipinski definition) is 0. The zero-order valence-corrected chi connectivity index (χ0v) is 11.0. The van der Waals surface area contributed by atoms with Gasteiger partial charge in [-0.25, -0.2) is 13.8 Å². The molecule has 18 heavy (non-hydrogen) atoms. The van der Waals surface area contributed by atoms with Crippen LogP contribution in [0.1, 0.15) is 21.7 Å². The van der Waals surface area contributed by atoms with E-state index >= 15 is 0 Å². The molecular formula is C13H8BrF2NO. The molecule has 1 aromatic carbocycles. The van der Waals surface area contributed by atoms with Gasteiger partial charge in [0.25, 0.3) is 0 Å². The number of benzene rings is 1. The lowest BCUT2D eigenvalue weighted by molar-refractivity contribution is 0.102. The Balaban J connectivity index is 2.56. The van der Waals surface area contributed by atoms with Gasteiger partial charge in [0.1, 0.15) is 11.5 Å². The fourth-order valence-corrected chi connectivity index (χ4v) is 1.86. The molecule has 0 aliphatic rings. The van der Waals surface area contributed by atoms with Crippen LogP contribution in [-0.2, 0) is 0 Å². The first kappa shape index (κ1) is 12.8. The molecule has 2 nitrogen and oxygen atoms in total. The van der Waals surface area contributed by atoms with Gasteiger partial charge in [-0.2, -0.15) is 0 Å². The van der Waals surface area contributed by atoms with Crippen LogP contribution in [0.25, 0.3) is 0 Å². The molecule has 0 radical (unpaired) electrons. The summed E-state index contributed by atoms with van der Waals surface area (Å²) in [4.78, 5) is 16.0. The molecule has 0 N–H and O–H groups in total. The number of hydrogen-bond acceptors (Lipinski definition) is 2. The van der Waals surface area contributed by atoms with E-state index < -0.39 is 23.0 Å². The Hall–Kier alpha value is -1.62. The van der Waals surface area contributed by atoms with E-state index in [-0.39, 0.29) is 10.2 Å². The van der Waals surface area contributed by atoms with Crippen molar-refractivity contribution in [1.29, 1.82) is 0 Å². The molecule has 1 aromatic heterocycles. The molecule has 0 saturated heterocycles. The van der Waals surface area contributed by atoms with Crippen LogP contribution in [0, 0.1) is 18.6 Å². The third-order valence-corrected chi connectivity index (χ3v) is 3.00. The molecule has 0 aliphatic heterocycles. The fraction of sp³-hybridized carbons (Fsp3) is 0.0769. The molecule has 5 heteroatoms. The molecule has 0 fully saturated rings. The van der Waals surface area contributed by atoms with Gasteiger partial charge in [-0.3, -0.25) is 4.79 Å². The molecule has 1 heterocycles. The molecule has 92 valence electrons. The van der Waals surface area contributed by atoms with E-state index in [9.17, 15) is 13.6 Å². The van der Waals surface area contributed by atoms with Crippen molar-refractivity contribution in [3.05, 3.63) is 63.4 Å². The van der Waals surface area contributed by atoms with E-state index in [2.05, 4.69) is 20.9 Å². The van der Waals surface area contributed by atoms with Gasteiger partial charge in [0, 0.05) is 5.69 Å². The maximum atomic E-state index is 13.8. The van der Waals surface area contributed by atoms with E-state index in [4.69, 9.17) is 0 Å². The van der Waals surface area contributed by atoms with Crippen LogP contribution < -0.4 is 0 Å². The van der Waals surface area contributed by atoms with Crippen LogP contribution in [0.4, 0.5) is 8.78 Å². The van der Waals surface area contributed by atoms with E-state index in [1.165, 1.54) is 12.1 Å². The Morgan fingerprint density at radius 1 is 1.22 bits per heavy atom. The highest BCUT2D eigenvalue weighted by Crippen LogP contribution is 2.23. The first-order chi connectivity index (χ1) is 8.50. The fourth-order valence-electron chi connectivity index (χ4n) is 1.53. The number of halogens is 3. The third kappa shape index (κ3) is 2.31. The van der Waals surface area contributed by atoms with Crippen LogP contribution in [-0.4, -0.2) is 10.8 Å². The summed E-state index contributed by atoms with van der Waals surface area (Å²) in [5, 5.41) is 0. The predicted molar refractivity (Wildman–Crippen MR) is 66.5 cm³/mol. The maximum Gasteiger partial charge on any atom is 0.217 e. The summed E-state index contributed by atoms with van der Waals surface area (Å²) < 4.78 is 27.4. The van der Waals surface area contributed by atoms with Crippen molar-refractivity contribution in [1.82, 2.24) is 4.98 Å². The van der Waals surface area contributed by atoms with Gasteiger partial charge in [-0.05, 0) is 47.1 Å². The second kappa shape index (κ2) is 4.94. The Labute approximate surface area is 111 Å². The topological polar surface area (TPSA) is 30.0 Å². The van der Waals surface area contributed by atoms with Crippen molar-refractivity contribution in [2.24, 2.45) is 0 Å². The predicted octanol–water partition coefficient (Wildman–Crippen LogP) is 3.66. The van der Waals surface area contributed by atoms with Crippen molar-refractivity contribution in [3.63, 3.8) is 0 Å². The second-order valence-corrected chi connectivity index (χ2v) is 4.57. The summed E-state index contributed by atoms with van der Waals surface area (Å²) >= 11 is 2.92. The van der Waals surface area contributed by atoms with Gasteiger partial charge in [0.2, 0.25) is 5.78 Å². The summed E-state index contributed by atoms with van der Waals surface area (Å²) in [6.07, 6.45) is 0. The van der Waals surface area contributed by atoms with Gasteiger partial charge in [0.05, 0.1) is 10.0 Å². The van der Waals surface area contributed by atoms with Crippen LogP contribution in [0.5, 0.6) is 0 Å². The summed E-state index contributed by atoms with van der Waals surface area (Å²) in [5.74, 6) is -2.58. The highest BCUT2D eigenvalue weighted by molar-refractivity contribution is 9.10. The minimum atomic E-state index is -0.914. The number of carbonyl (C=O) groups excluding carboxylic acids is 1. The van der Waals surface area contributed by atoms with Crippen LogP contribution >= 0.6 is 15.9 Å². The first-order valence-corrected chi connectivity index (χ1v) is 5.92. The SMILES string of the molecule is Cc1cccc(C(=O)c2c(F)ccc(Br)c2F)n1. The highest BCUT2D eigenvalue weighted by Gasteiger charge is 2.21. The number of rotatable bonds is 2. The van der Waals surface area contributed by atoms with Gasteiger partial charge in [-0.1, -0.05) is 6.07 Å². The first-order valence-electron chi connectivity index (χ1n) is 5.12. The molecule has 0 amide bonds. The summed E-state index contributed by atoms with van der Waals surface area (Å²) in [6.45, 7) is 1.70.